The second-order valence-corrected chi connectivity index (χ2v) is 4.70. The summed E-state index contributed by atoms with van der Waals surface area (Å²) in [4.78, 5) is 16.0. The predicted molar refractivity (Wildman–Crippen MR) is 80.2 cm³/mol. The minimum atomic E-state index is -4.45. The number of hydrogen-bond acceptors (Lipinski definition) is 4. The van der Waals surface area contributed by atoms with Crippen molar-refractivity contribution >= 4 is 17.4 Å². The fraction of sp³-hybridized carbons (Fsp3) is 0.200. The van der Waals surface area contributed by atoms with Crippen LogP contribution in [-0.2, 0) is 6.18 Å². The number of aromatic nitrogens is 1. The van der Waals surface area contributed by atoms with Gasteiger partial charge in [0.25, 0.3) is 5.91 Å². The molecular weight excluding hydrogens is 309 g/mol. The van der Waals surface area contributed by atoms with Crippen molar-refractivity contribution in [3.8, 4) is 0 Å². The number of rotatable bonds is 4. The number of hydrazine groups is 1. The number of halogens is 3. The standard InChI is InChI=1S/C15H15F3N4O/c1-9-11(15(16,17)18)6-3-7-12(9)21-13-10(5-4-8-20-13)14(23)22-19-2/h3-8,19H,1-2H3,(H,20,21)(H,22,23). The highest BCUT2D eigenvalue weighted by Gasteiger charge is 2.33. The Labute approximate surface area is 130 Å². The maximum absolute atomic E-state index is 13.0. The Morgan fingerprint density at radius 1 is 1.17 bits per heavy atom. The van der Waals surface area contributed by atoms with Crippen molar-refractivity contribution in [2.45, 2.75) is 13.1 Å². The van der Waals surface area contributed by atoms with Crippen LogP contribution >= 0.6 is 0 Å². The summed E-state index contributed by atoms with van der Waals surface area (Å²) in [6.07, 6.45) is -3.00. The minimum absolute atomic E-state index is 0.0330. The Morgan fingerprint density at radius 3 is 2.57 bits per heavy atom. The lowest BCUT2D eigenvalue weighted by Crippen LogP contribution is -2.34. The quantitative estimate of drug-likeness (QED) is 0.757. The summed E-state index contributed by atoms with van der Waals surface area (Å²) in [5, 5.41) is 2.79. The van der Waals surface area contributed by atoms with E-state index in [1.165, 1.54) is 38.4 Å². The normalized spacial score (nSPS) is 11.2. The number of anilines is 2. The van der Waals surface area contributed by atoms with Crippen molar-refractivity contribution in [1.82, 2.24) is 15.8 Å². The molecule has 0 spiro atoms. The van der Waals surface area contributed by atoms with Gasteiger partial charge in [-0.25, -0.2) is 10.4 Å². The van der Waals surface area contributed by atoms with E-state index >= 15 is 0 Å². The number of amides is 1. The first-order chi connectivity index (χ1) is 10.8. The summed E-state index contributed by atoms with van der Waals surface area (Å²) in [5.41, 5.74) is 4.62. The van der Waals surface area contributed by atoms with Crippen molar-refractivity contribution in [3.63, 3.8) is 0 Å². The minimum Gasteiger partial charge on any atom is -0.339 e. The van der Waals surface area contributed by atoms with Gasteiger partial charge in [-0.15, -0.1) is 0 Å². The molecule has 1 heterocycles. The van der Waals surface area contributed by atoms with Gasteiger partial charge in [0.2, 0.25) is 0 Å². The van der Waals surface area contributed by atoms with E-state index in [0.29, 0.717) is 0 Å². The first-order valence-electron chi connectivity index (χ1n) is 6.70. The smallest absolute Gasteiger partial charge is 0.339 e. The summed E-state index contributed by atoms with van der Waals surface area (Å²) in [7, 11) is 1.53. The lowest BCUT2D eigenvalue weighted by atomic mass is 10.1. The third kappa shape index (κ3) is 3.78. The summed E-state index contributed by atoms with van der Waals surface area (Å²) in [6, 6.07) is 6.89. The van der Waals surface area contributed by atoms with Crippen LogP contribution in [0.2, 0.25) is 0 Å². The molecule has 1 aromatic heterocycles. The molecule has 0 fully saturated rings. The van der Waals surface area contributed by atoms with Crippen molar-refractivity contribution < 1.29 is 18.0 Å². The van der Waals surface area contributed by atoms with Crippen LogP contribution < -0.4 is 16.2 Å². The van der Waals surface area contributed by atoms with E-state index in [2.05, 4.69) is 21.2 Å². The molecule has 0 atom stereocenters. The van der Waals surface area contributed by atoms with E-state index in [-0.39, 0.29) is 22.6 Å². The average molecular weight is 324 g/mol. The first kappa shape index (κ1) is 16.8. The predicted octanol–water partition coefficient (Wildman–Crippen LogP) is 3.02. The third-order valence-electron chi connectivity index (χ3n) is 3.18. The van der Waals surface area contributed by atoms with Gasteiger partial charge in [0.15, 0.2) is 0 Å². The van der Waals surface area contributed by atoms with E-state index < -0.39 is 17.6 Å². The monoisotopic (exact) mass is 324 g/mol. The highest BCUT2D eigenvalue weighted by atomic mass is 19.4. The zero-order chi connectivity index (χ0) is 17.0. The number of pyridine rings is 1. The molecule has 0 aliphatic rings. The van der Waals surface area contributed by atoms with Gasteiger partial charge < -0.3 is 5.32 Å². The second-order valence-electron chi connectivity index (χ2n) is 4.70. The van der Waals surface area contributed by atoms with Crippen molar-refractivity contribution in [1.29, 1.82) is 0 Å². The van der Waals surface area contributed by atoms with Gasteiger partial charge in [-0.1, -0.05) is 6.07 Å². The Bertz CT molecular complexity index is 716. The molecule has 23 heavy (non-hydrogen) atoms. The average Bonchev–Trinajstić information content (AvgIpc) is 2.49. The molecule has 5 nitrogen and oxygen atoms in total. The molecule has 1 aromatic carbocycles. The number of carbonyl (C=O) groups excluding carboxylic acids is 1. The Kier molecular flexibility index (Phi) is 4.85. The van der Waals surface area contributed by atoms with Gasteiger partial charge in [0.05, 0.1) is 11.1 Å². The SMILES string of the molecule is CNNC(=O)c1cccnc1Nc1cccc(C(F)(F)F)c1C. The van der Waals surface area contributed by atoms with E-state index in [1.54, 1.807) is 6.07 Å². The lowest BCUT2D eigenvalue weighted by Gasteiger charge is -2.16. The topological polar surface area (TPSA) is 66.0 Å². The molecule has 0 radical (unpaired) electrons. The highest BCUT2D eigenvalue weighted by molar-refractivity contribution is 5.99. The van der Waals surface area contributed by atoms with Gasteiger partial charge in [-0.3, -0.25) is 10.2 Å². The van der Waals surface area contributed by atoms with Crippen LogP contribution in [0.25, 0.3) is 0 Å². The second kappa shape index (κ2) is 6.66. The third-order valence-corrected chi connectivity index (χ3v) is 3.18. The van der Waals surface area contributed by atoms with Gasteiger partial charge in [-0.05, 0) is 36.8 Å². The molecule has 122 valence electrons. The number of nitrogens with one attached hydrogen (secondary N) is 3. The van der Waals surface area contributed by atoms with Gasteiger partial charge in [-0.2, -0.15) is 13.2 Å². The number of nitrogens with zero attached hydrogens (tertiary/aromatic N) is 1. The van der Waals surface area contributed by atoms with Crippen LogP contribution in [0.1, 0.15) is 21.5 Å². The molecule has 0 saturated carbocycles. The number of benzene rings is 1. The van der Waals surface area contributed by atoms with E-state index in [9.17, 15) is 18.0 Å². The molecule has 0 unspecified atom stereocenters. The maximum atomic E-state index is 13.0. The largest absolute Gasteiger partial charge is 0.416 e. The fourth-order valence-electron chi connectivity index (χ4n) is 2.07. The first-order valence-corrected chi connectivity index (χ1v) is 6.70. The van der Waals surface area contributed by atoms with Crippen LogP contribution in [0.3, 0.4) is 0 Å². The summed E-state index contributed by atoms with van der Waals surface area (Å²) < 4.78 is 38.9. The van der Waals surface area contributed by atoms with E-state index in [0.717, 1.165) is 6.07 Å². The van der Waals surface area contributed by atoms with Gasteiger partial charge in [0.1, 0.15) is 5.82 Å². The molecule has 0 bridgehead atoms. The molecule has 0 aliphatic heterocycles. The van der Waals surface area contributed by atoms with E-state index in [4.69, 9.17) is 0 Å². The fourth-order valence-corrected chi connectivity index (χ4v) is 2.07. The van der Waals surface area contributed by atoms with Gasteiger partial charge >= 0.3 is 6.18 Å². The summed E-state index contributed by atoms with van der Waals surface area (Å²) in [6.45, 7) is 1.36. The van der Waals surface area contributed by atoms with E-state index in [1.807, 2.05) is 0 Å². The van der Waals surface area contributed by atoms with Crippen LogP contribution in [0.4, 0.5) is 24.7 Å². The van der Waals surface area contributed by atoms with Gasteiger partial charge in [0, 0.05) is 18.9 Å². The van der Waals surface area contributed by atoms with Crippen LogP contribution in [-0.4, -0.2) is 17.9 Å². The number of alkyl halides is 3. The number of carbonyl (C=O) groups is 1. The van der Waals surface area contributed by atoms with Crippen molar-refractivity contribution in [2.75, 3.05) is 12.4 Å². The number of hydrogen-bond donors (Lipinski definition) is 3. The molecule has 0 aliphatic carbocycles. The summed E-state index contributed by atoms with van der Waals surface area (Å²) in [5.74, 6) is -0.282. The summed E-state index contributed by atoms with van der Waals surface area (Å²) >= 11 is 0. The molecule has 2 aromatic rings. The molecule has 2 rings (SSSR count). The molecule has 8 heteroatoms. The molecular formula is C15H15F3N4O. The Morgan fingerprint density at radius 2 is 1.91 bits per heavy atom. The zero-order valence-corrected chi connectivity index (χ0v) is 12.5. The van der Waals surface area contributed by atoms with Crippen LogP contribution in [0.15, 0.2) is 36.5 Å². The molecule has 3 N–H and O–H groups in total. The van der Waals surface area contributed by atoms with Crippen molar-refractivity contribution in [2.24, 2.45) is 0 Å². The highest BCUT2D eigenvalue weighted by Crippen LogP contribution is 2.35. The zero-order valence-electron chi connectivity index (χ0n) is 12.5. The Hall–Kier alpha value is -2.61. The van der Waals surface area contributed by atoms with Crippen LogP contribution in [0, 0.1) is 6.92 Å². The van der Waals surface area contributed by atoms with Crippen molar-refractivity contribution in [3.05, 3.63) is 53.2 Å². The maximum Gasteiger partial charge on any atom is 0.416 e. The van der Waals surface area contributed by atoms with Crippen LogP contribution in [0.5, 0.6) is 0 Å². The Balaban J connectivity index is 2.39. The lowest BCUT2D eigenvalue weighted by molar-refractivity contribution is -0.138. The molecule has 0 saturated heterocycles. The molecule has 1 amide bonds.